The van der Waals surface area contributed by atoms with Crippen LogP contribution in [-0.4, -0.2) is 21.7 Å². The number of hydrogen-bond acceptors (Lipinski definition) is 3. The van der Waals surface area contributed by atoms with Gasteiger partial charge in [0.25, 0.3) is 11.5 Å². The number of benzene rings is 1. The Balaban J connectivity index is 1.69. The van der Waals surface area contributed by atoms with E-state index in [4.69, 9.17) is 0 Å². The summed E-state index contributed by atoms with van der Waals surface area (Å²) in [7, 11) is 0. The molecule has 0 saturated heterocycles. The molecule has 25 heavy (non-hydrogen) atoms. The fourth-order valence-electron chi connectivity index (χ4n) is 3.27. The van der Waals surface area contributed by atoms with E-state index in [9.17, 15) is 9.59 Å². The van der Waals surface area contributed by atoms with Crippen molar-refractivity contribution in [1.82, 2.24) is 15.1 Å². The largest absolute Gasteiger partial charge is 0.349 e. The Morgan fingerprint density at radius 1 is 1.32 bits per heavy atom. The highest BCUT2D eigenvalue weighted by Crippen LogP contribution is 2.19. The molecule has 0 bridgehead atoms. The van der Waals surface area contributed by atoms with Gasteiger partial charge in [-0.1, -0.05) is 26.0 Å². The molecule has 1 aliphatic carbocycles. The van der Waals surface area contributed by atoms with E-state index in [2.05, 4.69) is 24.3 Å². The SMILES string of the molecule is CCn1nc2c(cc1=O)CC(NC(=O)c1ccc(C(C)C)cc1)CC2. The second-order valence-electron chi connectivity index (χ2n) is 6.96. The molecule has 1 atom stereocenters. The zero-order valence-corrected chi connectivity index (χ0v) is 15.1. The number of rotatable bonds is 4. The molecular weight excluding hydrogens is 314 g/mol. The van der Waals surface area contributed by atoms with Crippen LogP contribution in [0.2, 0.25) is 0 Å². The summed E-state index contributed by atoms with van der Waals surface area (Å²) in [4.78, 5) is 24.5. The molecule has 5 heteroatoms. The molecule has 2 aromatic rings. The second kappa shape index (κ2) is 7.21. The van der Waals surface area contributed by atoms with Crippen LogP contribution in [0.5, 0.6) is 0 Å². The molecule has 1 aliphatic rings. The van der Waals surface area contributed by atoms with E-state index < -0.39 is 0 Å². The predicted molar refractivity (Wildman–Crippen MR) is 98.0 cm³/mol. The molecular formula is C20H25N3O2. The standard InChI is InChI=1S/C20H25N3O2/c1-4-23-19(24)12-16-11-17(9-10-18(16)22-23)21-20(25)15-7-5-14(6-8-15)13(2)3/h5-8,12-13,17H,4,9-11H2,1-3H3,(H,21,25). The molecule has 1 unspecified atom stereocenters. The molecule has 3 rings (SSSR count). The molecule has 0 saturated carbocycles. The molecule has 0 aliphatic heterocycles. The second-order valence-corrected chi connectivity index (χ2v) is 6.96. The fourth-order valence-corrected chi connectivity index (χ4v) is 3.27. The lowest BCUT2D eigenvalue weighted by atomic mass is 9.92. The minimum atomic E-state index is -0.0718. The van der Waals surface area contributed by atoms with Crippen LogP contribution in [0.1, 0.15) is 60.3 Å². The van der Waals surface area contributed by atoms with Crippen molar-refractivity contribution in [2.45, 2.75) is 58.5 Å². The summed E-state index contributed by atoms with van der Waals surface area (Å²) in [6.45, 7) is 6.76. The number of aromatic nitrogens is 2. The van der Waals surface area contributed by atoms with Gasteiger partial charge in [-0.25, -0.2) is 4.68 Å². The molecule has 5 nitrogen and oxygen atoms in total. The zero-order valence-electron chi connectivity index (χ0n) is 15.1. The first-order chi connectivity index (χ1) is 12.0. The van der Waals surface area contributed by atoms with Gasteiger partial charge in [0.2, 0.25) is 0 Å². The van der Waals surface area contributed by atoms with Crippen molar-refractivity contribution in [3.63, 3.8) is 0 Å². The maximum atomic E-state index is 12.5. The first-order valence-corrected chi connectivity index (χ1v) is 8.98. The third-order valence-corrected chi connectivity index (χ3v) is 4.83. The molecule has 1 amide bonds. The van der Waals surface area contributed by atoms with Crippen LogP contribution in [0.4, 0.5) is 0 Å². The summed E-state index contributed by atoms with van der Waals surface area (Å²) in [6, 6.07) is 9.48. The number of nitrogens with one attached hydrogen (secondary N) is 1. The van der Waals surface area contributed by atoms with Crippen LogP contribution < -0.4 is 10.9 Å². The van der Waals surface area contributed by atoms with Gasteiger partial charge < -0.3 is 5.32 Å². The first-order valence-electron chi connectivity index (χ1n) is 8.98. The summed E-state index contributed by atoms with van der Waals surface area (Å²) < 4.78 is 1.49. The Morgan fingerprint density at radius 3 is 2.68 bits per heavy atom. The Bertz CT molecular complexity index is 822. The van der Waals surface area contributed by atoms with Gasteiger partial charge in [-0.05, 0) is 55.4 Å². The average molecular weight is 339 g/mol. The van der Waals surface area contributed by atoms with E-state index in [0.29, 0.717) is 24.4 Å². The molecule has 132 valence electrons. The quantitative estimate of drug-likeness (QED) is 0.931. The van der Waals surface area contributed by atoms with E-state index in [1.54, 1.807) is 6.07 Å². The average Bonchev–Trinajstić information content (AvgIpc) is 2.61. The van der Waals surface area contributed by atoms with E-state index in [1.165, 1.54) is 10.2 Å². The number of fused-ring (bicyclic) bond motifs is 1. The Hall–Kier alpha value is -2.43. The highest BCUT2D eigenvalue weighted by molar-refractivity contribution is 5.94. The van der Waals surface area contributed by atoms with Crippen LogP contribution in [0.3, 0.4) is 0 Å². The Kier molecular flexibility index (Phi) is 5.02. The van der Waals surface area contributed by atoms with Crippen molar-refractivity contribution < 1.29 is 4.79 Å². The van der Waals surface area contributed by atoms with Crippen LogP contribution in [0.25, 0.3) is 0 Å². The van der Waals surface area contributed by atoms with Crippen LogP contribution in [0, 0.1) is 0 Å². The van der Waals surface area contributed by atoms with Gasteiger partial charge in [0.05, 0.1) is 5.69 Å². The number of aryl methyl sites for hydroxylation is 2. The number of nitrogens with zero attached hydrogens (tertiary/aromatic N) is 2. The molecule has 1 aromatic heterocycles. The summed E-state index contributed by atoms with van der Waals surface area (Å²) in [5.41, 5.74) is 3.77. The summed E-state index contributed by atoms with van der Waals surface area (Å²) in [6.07, 6.45) is 2.29. The normalized spacial score (nSPS) is 16.6. The van der Waals surface area contributed by atoms with Crippen molar-refractivity contribution >= 4 is 5.91 Å². The summed E-state index contributed by atoms with van der Waals surface area (Å²) in [5, 5.41) is 7.52. The highest BCUT2D eigenvalue weighted by Gasteiger charge is 2.22. The highest BCUT2D eigenvalue weighted by atomic mass is 16.1. The number of carbonyl (C=O) groups excluding carboxylic acids is 1. The third kappa shape index (κ3) is 3.81. The summed E-state index contributed by atoms with van der Waals surface area (Å²) >= 11 is 0. The zero-order chi connectivity index (χ0) is 18.0. The van der Waals surface area contributed by atoms with E-state index in [-0.39, 0.29) is 17.5 Å². The van der Waals surface area contributed by atoms with Crippen molar-refractivity contribution in [2.24, 2.45) is 0 Å². The molecule has 0 radical (unpaired) electrons. The molecule has 1 heterocycles. The number of hydrogen-bond donors (Lipinski definition) is 1. The van der Waals surface area contributed by atoms with Gasteiger partial charge in [0.1, 0.15) is 0 Å². The third-order valence-electron chi connectivity index (χ3n) is 4.83. The lowest BCUT2D eigenvalue weighted by Crippen LogP contribution is -2.40. The topological polar surface area (TPSA) is 64.0 Å². The van der Waals surface area contributed by atoms with Crippen LogP contribution in [-0.2, 0) is 19.4 Å². The van der Waals surface area contributed by atoms with E-state index >= 15 is 0 Å². The molecule has 0 fully saturated rings. The maximum absolute atomic E-state index is 12.5. The van der Waals surface area contributed by atoms with Crippen LogP contribution in [0.15, 0.2) is 35.1 Å². The summed E-state index contributed by atoms with van der Waals surface area (Å²) in [5.74, 6) is 0.394. The van der Waals surface area contributed by atoms with Gasteiger partial charge in [0.15, 0.2) is 0 Å². The fraction of sp³-hybridized carbons (Fsp3) is 0.450. The van der Waals surface area contributed by atoms with Gasteiger partial charge in [-0.3, -0.25) is 9.59 Å². The monoisotopic (exact) mass is 339 g/mol. The first kappa shape index (κ1) is 17.4. The minimum absolute atomic E-state index is 0.0449. The smallest absolute Gasteiger partial charge is 0.267 e. The number of amides is 1. The van der Waals surface area contributed by atoms with Gasteiger partial charge in [-0.15, -0.1) is 0 Å². The predicted octanol–water partition coefficient (Wildman–Crippen LogP) is 2.67. The van der Waals surface area contributed by atoms with Crippen molar-refractivity contribution in [3.05, 3.63) is 63.1 Å². The Morgan fingerprint density at radius 2 is 2.04 bits per heavy atom. The maximum Gasteiger partial charge on any atom is 0.267 e. The van der Waals surface area contributed by atoms with Crippen LogP contribution >= 0.6 is 0 Å². The lowest BCUT2D eigenvalue weighted by Gasteiger charge is -2.25. The van der Waals surface area contributed by atoms with Gasteiger partial charge in [0, 0.05) is 24.2 Å². The molecule has 1 N–H and O–H groups in total. The van der Waals surface area contributed by atoms with Crippen molar-refractivity contribution in [2.75, 3.05) is 0 Å². The lowest BCUT2D eigenvalue weighted by molar-refractivity contribution is 0.0933. The van der Waals surface area contributed by atoms with E-state index in [0.717, 1.165) is 24.1 Å². The minimum Gasteiger partial charge on any atom is -0.349 e. The molecule has 1 aromatic carbocycles. The molecule has 0 spiro atoms. The van der Waals surface area contributed by atoms with Gasteiger partial charge >= 0.3 is 0 Å². The van der Waals surface area contributed by atoms with Crippen molar-refractivity contribution in [1.29, 1.82) is 0 Å². The Labute approximate surface area is 148 Å². The van der Waals surface area contributed by atoms with Crippen molar-refractivity contribution in [3.8, 4) is 0 Å². The van der Waals surface area contributed by atoms with E-state index in [1.807, 2.05) is 31.2 Å². The number of carbonyl (C=O) groups is 1. The van der Waals surface area contributed by atoms with Gasteiger partial charge in [-0.2, -0.15) is 5.10 Å².